The molecule has 1 atom stereocenters. The molecule has 3 aromatic rings. The Hall–Kier alpha value is -3.60. The average Bonchev–Trinajstić information content (AvgIpc) is 2.87. The van der Waals surface area contributed by atoms with Crippen LogP contribution in [0.3, 0.4) is 0 Å². The molecule has 5 nitrogen and oxygen atoms in total. The normalized spacial score (nSPS) is 16.4. The molecule has 0 saturated heterocycles. The maximum atomic E-state index is 12.5. The van der Waals surface area contributed by atoms with Gasteiger partial charge in [0.1, 0.15) is 17.1 Å². The molecule has 0 aliphatic carbocycles. The topological polar surface area (TPSA) is 74.8 Å². The number of benzene rings is 2. The fourth-order valence-corrected chi connectivity index (χ4v) is 3.52. The van der Waals surface area contributed by atoms with E-state index < -0.39 is 5.63 Å². The number of aromatic hydroxyl groups is 1. The highest BCUT2D eigenvalue weighted by Crippen LogP contribution is 2.33. The number of aliphatic imine (C=N–C) groups is 1. The van der Waals surface area contributed by atoms with E-state index in [9.17, 15) is 9.90 Å². The van der Waals surface area contributed by atoms with Gasteiger partial charge in [0, 0.05) is 12.5 Å². The fraction of sp³-hybridized carbons (Fsp3) is 0.167. The number of aryl methyl sites for hydroxylation is 1. The first-order valence-electron chi connectivity index (χ1n) is 9.52. The van der Waals surface area contributed by atoms with E-state index in [-0.39, 0.29) is 17.4 Å². The van der Waals surface area contributed by atoms with Gasteiger partial charge >= 0.3 is 5.63 Å². The van der Waals surface area contributed by atoms with Gasteiger partial charge in [0.05, 0.1) is 23.1 Å². The van der Waals surface area contributed by atoms with E-state index in [1.807, 2.05) is 61.5 Å². The minimum Gasteiger partial charge on any atom is -0.507 e. The van der Waals surface area contributed by atoms with Crippen molar-refractivity contribution in [1.29, 1.82) is 0 Å². The van der Waals surface area contributed by atoms with Crippen molar-refractivity contribution in [2.45, 2.75) is 26.3 Å². The maximum absolute atomic E-state index is 12.5. The summed E-state index contributed by atoms with van der Waals surface area (Å²) in [7, 11) is 0. The van der Waals surface area contributed by atoms with Crippen LogP contribution in [0.25, 0.3) is 6.08 Å². The van der Waals surface area contributed by atoms with Crippen molar-refractivity contribution >= 4 is 23.2 Å². The van der Waals surface area contributed by atoms with E-state index in [1.165, 1.54) is 6.07 Å². The molecule has 0 fully saturated rings. The van der Waals surface area contributed by atoms with Crippen molar-refractivity contribution in [3.8, 4) is 5.75 Å². The molecule has 0 radical (unpaired) electrons. The van der Waals surface area contributed by atoms with Crippen LogP contribution in [-0.2, 0) is 0 Å². The molecule has 1 aliphatic heterocycles. The highest BCUT2D eigenvalue weighted by Gasteiger charge is 2.25. The molecule has 29 heavy (non-hydrogen) atoms. The second-order valence-corrected chi connectivity index (χ2v) is 7.18. The lowest BCUT2D eigenvalue weighted by Crippen LogP contribution is -2.26. The van der Waals surface area contributed by atoms with Gasteiger partial charge in [0.2, 0.25) is 0 Å². The maximum Gasteiger partial charge on any atom is 0.348 e. The summed E-state index contributed by atoms with van der Waals surface area (Å²) in [5.74, 6) is 0.251. The van der Waals surface area contributed by atoms with Gasteiger partial charge in [-0.25, -0.2) is 4.79 Å². The molecular formula is C24H22N2O3. The van der Waals surface area contributed by atoms with Gasteiger partial charge in [-0.1, -0.05) is 54.1 Å². The Balaban J connectivity index is 1.81. The summed E-state index contributed by atoms with van der Waals surface area (Å²) in [4.78, 5) is 17.2. The van der Waals surface area contributed by atoms with Gasteiger partial charge < -0.3 is 14.8 Å². The first kappa shape index (κ1) is 18.7. The third-order valence-corrected chi connectivity index (χ3v) is 4.97. The number of hydrogen-bond donors (Lipinski definition) is 2. The van der Waals surface area contributed by atoms with Crippen molar-refractivity contribution in [3.63, 3.8) is 0 Å². The highest BCUT2D eigenvalue weighted by atomic mass is 16.4. The molecule has 5 heteroatoms. The molecule has 146 valence electrons. The van der Waals surface area contributed by atoms with Crippen LogP contribution < -0.4 is 10.9 Å². The largest absolute Gasteiger partial charge is 0.507 e. The summed E-state index contributed by atoms with van der Waals surface area (Å²) in [6.07, 6.45) is 2.55. The number of fused-ring (bicyclic) bond motifs is 1. The van der Waals surface area contributed by atoms with E-state index in [2.05, 4.69) is 11.4 Å². The molecule has 1 aliphatic rings. The molecule has 0 bridgehead atoms. The van der Waals surface area contributed by atoms with Crippen LogP contribution in [0.5, 0.6) is 5.75 Å². The zero-order valence-corrected chi connectivity index (χ0v) is 16.3. The van der Waals surface area contributed by atoms with E-state index in [4.69, 9.17) is 9.41 Å². The molecule has 2 heterocycles. The Morgan fingerprint density at radius 3 is 2.66 bits per heavy atom. The second kappa shape index (κ2) is 7.80. The number of nitrogens with zero attached hydrogens (tertiary/aromatic N) is 1. The SMILES string of the molecule is C/C(=C\c1ccccc1)C1CC(c2c(O)cc(C)oc2=O)=Nc2ccccc2N1. The summed E-state index contributed by atoms with van der Waals surface area (Å²) in [5.41, 5.74) is 3.83. The van der Waals surface area contributed by atoms with Crippen molar-refractivity contribution in [1.82, 2.24) is 0 Å². The molecule has 0 spiro atoms. The number of rotatable bonds is 3. The summed E-state index contributed by atoms with van der Waals surface area (Å²) < 4.78 is 5.23. The molecule has 0 amide bonds. The van der Waals surface area contributed by atoms with Crippen molar-refractivity contribution in [2.24, 2.45) is 4.99 Å². The number of anilines is 1. The Labute approximate surface area is 169 Å². The van der Waals surface area contributed by atoms with Crippen molar-refractivity contribution < 1.29 is 9.52 Å². The smallest absolute Gasteiger partial charge is 0.348 e. The molecule has 2 N–H and O–H groups in total. The predicted octanol–water partition coefficient (Wildman–Crippen LogP) is 5.06. The summed E-state index contributed by atoms with van der Waals surface area (Å²) >= 11 is 0. The lowest BCUT2D eigenvalue weighted by molar-refractivity contribution is 0.432. The third kappa shape index (κ3) is 3.99. The summed E-state index contributed by atoms with van der Waals surface area (Å²) in [5, 5.41) is 14.0. The first-order chi connectivity index (χ1) is 14.0. The third-order valence-electron chi connectivity index (χ3n) is 4.97. The fourth-order valence-electron chi connectivity index (χ4n) is 3.52. The number of hydrogen-bond acceptors (Lipinski definition) is 5. The minimum atomic E-state index is -0.580. The van der Waals surface area contributed by atoms with Gasteiger partial charge in [-0.2, -0.15) is 0 Å². The van der Waals surface area contributed by atoms with Crippen molar-refractivity contribution in [3.05, 3.63) is 93.5 Å². The Kier molecular flexibility index (Phi) is 5.04. The predicted molar refractivity (Wildman–Crippen MR) is 116 cm³/mol. The molecular weight excluding hydrogens is 364 g/mol. The zero-order valence-electron chi connectivity index (χ0n) is 16.3. The Bertz CT molecular complexity index is 1160. The highest BCUT2D eigenvalue weighted by molar-refractivity contribution is 6.05. The van der Waals surface area contributed by atoms with Crippen LogP contribution in [0, 0.1) is 6.92 Å². The number of para-hydroxylation sites is 2. The van der Waals surface area contributed by atoms with E-state index in [0.717, 1.165) is 22.5 Å². The standard InChI is InChI=1S/C24H22N2O3/c1-15(12-17-8-4-3-5-9-17)20-14-21(23-22(27)13-16(2)29-24(23)28)26-19-11-7-6-10-18(19)25-20/h3-13,20,25,27H,14H2,1-2H3/b15-12+. The van der Waals surface area contributed by atoms with E-state index in [0.29, 0.717) is 17.9 Å². The van der Waals surface area contributed by atoms with E-state index in [1.54, 1.807) is 6.92 Å². The van der Waals surface area contributed by atoms with Gasteiger partial charge in [-0.15, -0.1) is 0 Å². The van der Waals surface area contributed by atoms with E-state index >= 15 is 0 Å². The van der Waals surface area contributed by atoms with Crippen LogP contribution >= 0.6 is 0 Å². The van der Waals surface area contributed by atoms with Gasteiger partial charge in [0.15, 0.2) is 0 Å². The lowest BCUT2D eigenvalue weighted by atomic mass is 9.97. The summed E-state index contributed by atoms with van der Waals surface area (Å²) in [6, 6.07) is 19.1. The van der Waals surface area contributed by atoms with Crippen LogP contribution in [0.1, 0.15) is 30.2 Å². The van der Waals surface area contributed by atoms with Gasteiger partial charge in [-0.3, -0.25) is 4.99 Å². The summed E-state index contributed by atoms with van der Waals surface area (Å²) in [6.45, 7) is 3.68. The zero-order chi connectivity index (χ0) is 20.4. The quantitative estimate of drug-likeness (QED) is 0.660. The van der Waals surface area contributed by atoms with Crippen LogP contribution in [0.4, 0.5) is 11.4 Å². The lowest BCUT2D eigenvalue weighted by Gasteiger charge is -2.20. The molecule has 1 unspecified atom stereocenters. The van der Waals surface area contributed by atoms with Crippen LogP contribution in [-0.4, -0.2) is 16.9 Å². The second-order valence-electron chi connectivity index (χ2n) is 7.18. The Morgan fingerprint density at radius 1 is 1.17 bits per heavy atom. The van der Waals surface area contributed by atoms with Crippen molar-refractivity contribution in [2.75, 3.05) is 5.32 Å². The molecule has 4 rings (SSSR count). The Morgan fingerprint density at radius 2 is 1.90 bits per heavy atom. The molecule has 0 saturated carbocycles. The van der Waals surface area contributed by atoms with Crippen LogP contribution in [0.15, 0.2) is 80.4 Å². The van der Waals surface area contributed by atoms with Gasteiger partial charge in [-0.05, 0) is 31.5 Å². The minimum absolute atomic E-state index is 0.0993. The average molecular weight is 386 g/mol. The number of nitrogens with one attached hydrogen (secondary N) is 1. The first-order valence-corrected chi connectivity index (χ1v) is 9.52. The van der Waals surface area contributed by atoms with Gasteiger partial charge in [0.25, 0.3) is 0 Å². The van der Waals surface area contributed by atoms with Crippen LogP contribution in [0.2, 0.25) is 0 Å². The molecule has 2 aromatic carbocycles. The molecule has 1 aromatic heterocycles. The monoisotopic (exact) mass is 386 g/mol.